The molecule has 0 aromatic carbocycles. The molecule has 37 heteroatoms. The summed E-state index contributed by atoms with van der Waals surface area (Å²) in [5.41, 5.74) is -5.87. The molecule has 37 nitrogen and oxygen atoms in total. The van der Waals surface area contributed by atoms with Crippen LogP contribution in [0.15, 0.2) is 11.6 Å². The van der Waals surface area contributed by atoms with Gasteiger partial charge in [0, 0.05) is 11.3 Å². The van der Waals surface area contributed by atoms with Crippen molar-refractivity contribution in [3.05, 3.63) is 11.6 Å². The van der Waals surface area contributed by atoms with E-state index in [2.05, 4.69) is 6.08 Å². The highest BCUT2D eigenvalue weighted by molar-refractivity contribution is 5.80. The lowest BCUT2D eigenvalue weighted by molar-refractivity contribution is -0.386. The lowest BCUT2D eigenvalue weighted by Gasteiger charge is -2.73. The molecule has 5 aliphatic carbocycles. The molecule has 12 aliphatic rings. The summed E-state index contributed by atoms with van der Waals surface area (Å²) < 4.78 is 82.8. The highest BCUT2D eigenvalue weighted by Gasteiger charge is 2.75. The van der Waals surface area contributed by atoms with Crippen LogP contribution in [0.4, 0.5) is 0 Å². The number of esters is 1. The summed E-state index contributed by atoms with van der Waals surface area (Å²) in [7, 11) is 0. The van der Waals surface area contributed by atoms with Crippen LogP contribution >= 0.6 is 0 Å². The van der Waals surface area contributed by atoms with E-state index in [1.165, 1.54) is 13.8 Å². The Morgan fingerprint density at radius 3 is 1.66 bits per heavy atom. The van der Waals surface area contributed by atoms with Gasteiger partial charge >= 0.3 is 5.97 Å². The molecule has 0 aromatic rings. The minimum atomic E-state index is -2.10. The van der Waals surface area contributed by atoms with Crippen LogP contribution in [0, 0.1) is 50.2 Å². The van der Waals surface area contributed by atoms with Gasteiger partial charge in [-0.05, 0) is 92.3 Å². The zero-order valence-electron chi connectivity index (χ0n) is 60.2. The standard InChI is InChI=1S/C69H112O37/c1-23-36(77)41(82)47(88)59(97-23)103-52-33(101-56-45(86)37(78)29(74)18-93-56)21-96-58(50(52)91)102-51-24(2)98-60(49(90)44(51)85)104-53-38(79)30(75)19-94-62(53)106-63(92)69-12-11-64(3,4)13-26(69)25-9-10-34-65(5)14-28(73)55(66(6,22-71)54(65)27(72)15-68(34,8)67(25,7)16-35(69)76)105-61-48(89)43(84)40(81)32(100-61)20-95-57-46(87)42(83)39(80)31(17-70)99-57/h9,23-24,26-62,70-91H,10-22H2,1-8H3. The fourth-order valence-electron chi connectivity index (χ4n) is 20.3. The molecule has 7 saturated heterocycles. The van der Waals surface area contributed by atoms with Crippen LogP contribution in [0.5, 0.6) is 0 Å². The fourth-order valence-corrected chi connectivity index (χ4v) is 20.3. The highest BCUT2D eigenvalue weighted by atomic mass is 16.8. The molecule has 106 heavy (non-hydrogen) atoms. The molecule has 7 aliphatic heterocycles. The smallest absolute Gasteiger partial charge is 0.317 e. The van der Waals surface area contributed by atoms with Gasteiger partial charge in [0.15, 0.2) is 43.8 Å². The highest BCUT2D eigenvalue weighted by Crippen LogP contribution is 2.76. The number of hydrogen-bond acceptors (Lipinski definition) is 37. The van der Waals surface area contributed by atoms with Gasteiger partial charge in [-0.15, -0.1) is 0 Å². The average molecular weight is 1530 g/mol. The monoisotopic (exact) mass is 1530 g/mol. The van der Waals surface area contributed by atoms with Crippen LogP contribution < -0.4 is 0 Å². The second-order valence-electron chi connectivity index (χ2n) is 33.6. The normalized spacial score (nSPS) is 56.2. The molecular weight excluding hydrogens is 1420 g/mol. The summed E-state index contributed by atoms with van der Waals surface area (Å²) in [5.74, 6) is -2.98. The Morgan fingerprint density at radius 1 is 0.472 bits per heavy atom. The average Bonchev–Trinajstić information content (AvgIpc) is 0.665. The first kappa shape index (κ1) is 83.2. The lowest BCUT2D eigenvalue weighted by Crippen LogP contribution is -2.73. The van der Waals surface area contributed by atoms with Crippen LogP contribution in [0.2, 0.25) is 0 Å². The third-order valence-electron chi connectivity index (χ3n) is 26.5. The second kappa shape index (κ2) is 31.2. The summed E-state index contributed by atoms with van der Waals surface area (Å²) in [6.45, 7) is 10.6. The number of allylic oxidation sites excluding steroid dienone is 2. The van der Waals surface area contributed by atoms with Crippen molar-refractivity contribution in [1.82, 2.24) is 0 Å². The number of hydrogen-bond donors (Lipinski definition) is 22. The minimum absolute atomic E-state index is 0.0613. The molecule has 0 bridgehead atoms. The maximum Gasteiger partial charge on any atom is 0.317 e. The molecule has 0 aromatic heterocycles. The summed E-state index contributed by atoms with van der Waals surface area (Å²) in [6, 6.07) is 0. The molecule has 22 N–H and O–H groups in total. The van der Waals surface area contributed by atoms with Gasteiger partial charge in [0.1, 0.15) is 140 Å². The topological polar surface area (TPSA) is 591 Å². The van der Waals surface area contributed by atoms with Crippen molar-refractivity contribution in [1.29, 1.82) is 0 Å². The van der Waals surface area contributed by atoms with Crippen molar-refractivity contribution in [2.75, 3.05) is 39.6 Å². The number of fused-ring (bicyclic) bond motifs is 7. The van der Waals surface area contributed by atoms with Crippen LogP contribution in [0.3, 0.4) is 0 Å². The first-order chi connectivity index (χ1) is 49.6. The molecule has 0 amide bonds. The largest absolute Gasteiger partial charge is 0.432 e. The van der Waals surface area contributed by atoms with E-state index in [0.29, 0.717) is 19.3 Å². The van der Waals surface area contributed by atoms with E-state index < -0.39 is 317 Å². The third kappa shape index (κ3) is 14.2. The van der Waals surface area contributed by atoms with Gasteiger partial charge in [-0.2, -0.15) is 0 Å². The number of carbonyl (C=O) groups excluding carboxylic acids is 1. The number of rotatable bonds is 17. The van der Waals surface area contributed by atoms with Crippen molar-refractivity contribution in [2.45, 2.75) is 321 Å². The van der Waals surface area contributed by atoms with Crippen molar-refractivity contribution in [3.63, 3.8) is 0 Å². The number of aliphatic hydroxyl groups is 22. The molecule has 44 atom stereocenters. The first-order valence-electron chi connectivity index (χ1n) is 36.7. The van der Waals surface area contributed by atoms with E-state index in [0.717, 1.165) is 5.57 Å². The second-order valence-corrected chi connectivity index (χ2v) is 33.6. The fraction of sp³-hybridized carbons (Fsp3) is 0.957. The molecule has 0 spiro atoms. The van der Waals surface area contributed by atoms with E-state index in [-0.39, 0.29) is 25.7 Å². The number of ether oxygens (including phenoxy) is 14. The van der Waals surface area contributed by atoms with Crippen molar-refractivity contribution >= 4 is 5.97 Å². The van der Waals surface area contributed by atoms with Crippen LogP contribution in [-0.2, 0) is 71.1 Å². The van der Waals surface area contributed by atoms with Crippen molar-refractivity contribution in [2.24, 2.45) is 50.2 Å². The van der Waals surface area contributed by atoms with E-state index in [4.69, 9.17) is 66.3 Å². The van der Waals surface area contributed by atoms with E-state index in [1.807, 2.05) is 34.6 Å². The predicted octanol–water partition coefficient (Wildman–Crippen LogP) is -8.71. The van der Waals surface area contributed by atoms with Gasteiger partial charge < -0.3 is 179 Å². The van der Waals surface area contributed by atoms with Gasteiger partial charge in [0.2, 0.25) is 6.29 Å². The molecule has 11 fully saturated rings. The summed E-state index contributed by atoms with van der Waals surface area (Å²) in [5, 5.41) is 246. The van der Waals surface area contributed by atoms with Crippen LogP contribution in [0.1, 0.15) is 100 Å². The SMILES string of the molecule is CC1OC(OC2C(OC3OCC(O)C(O)C3O)COC(OC3C(C)OC(OC4C(OC(=O)C56CCC(C)(C)CC5C5=CCC7C8(C)CC(O)C(OC9OC(COC%10OC(CO)C(O)C(O)C%10O)C(O)C(O)C9O)C(C)(CO)C8C(O)CC7(C)C5(C)CC6O)OCC(O)C4O)C(O)C3O)C2O)C(O)C(O)C1O. The quantitative estimate of drug-likeness (QED) is 0.0365. The predicted molar refractivity (Wildman–Crippen MR) is 345 cm³/mol. The zero-order valence-corrected chi connectivity index (χ0v) is 60.2. The first-order valence-corrected chi connectivity index (χ1v) is 36.7. The molecule has 12 rings (SSSR count). The minimum Gasteiger partial charge on any atom is -0.432 e. The zero-order chi connectivity index (χ0) is 77.5. The van der Waals surface area contributed by atoms with Gasteiger partial charge in [0.05, 0.1) is 76.3 Å². The van der Waals surface area contributed by atoms with E-state index in [1.54, 1.807) is 6.92 Å². The lowest BCUT2D eigenvalue weighted by atomic mass is 9.32. The molecule has 7 heterocycles. The Hall–Kier alpha value is -2.19. The molecular formula is C69H112O37. The van der Waals surface area contributed by atoms with Gasteiger partial charge in [-0.25, -0.2) is 0 Å². The number of carbonyl (C=O) groups is 1. The molecule has 44 unspecified atom stereocenters. The van der Waals surface area contributed by atoms with E-state index in [9.17, 15) is 112 Å². The Balaban J connectivity index is 0.743. The van der Waals surface area contributed by atoms with Crippen LogP contribution in [0.25, 0.3) is 0 Å². The molecule has 4 saturated carbocycles. The van der Waals surface area contributed by atoms with Crippen molar-refractivity contribution < 1.29 is 183 Å². The summed E-state index contributed by atoms with van der Waals surface area (Å²) >= 11 is 0. The Labute approximate surface area is 610 Å². The molecule has 610 valence electrons. The van der Waals surface area contributed by atoms with Gasteiger partial charge in [-0.1, -0.05) is 53.2 Å². The van der Waals surface area contributed by atoms with Gasteiger partial charge in [-0.3, -0.25) is 4.79 Å². The van der Waals surface area contributed by atoms with Crippen molar-refractivity contribution in [3.8, 4) is 0 Å². The summed E-state index contributed by atoms with van der Waals surface area (Å²) in [4.78, 5) is 15.7. The van der Waals surface area contributed by atoms with E-state index >= 15 is 4.79 Å². The molecule has 0 radical (unpaired) electrons. The maximum atomic E-state index is 15.7. The Morgan fingerprint density at radius 2 is 1.01 bits per heavy atom. The Bertz CT molecular complexity index is 3030. The number of aliphatic hydroxyl groups excluding tert-OH is 22. The third-order valence-corrected chi connectivity index (χ3v) is 26.5. The maximum absolute atomic E-state index is 15.7. The van der Waals surface area contributed by atoms with Gasteiger partial charge in [0.25, 0.3) is 0 Å². The summed E-state index contributed by atoms with van der Waals surface area (Å²) in [6.07, 6.45) is -58.0. The van der Waals surface area contributed by atoms with Crippen LogP contribution in [-0.4, -0.2) is 379 Å². The Kier molecular flexibility index (Phi) is 24.5.